The topological polar surface area (TPSA) is 94.9 Å². The number of carbonyl (C=O) groups excluding carboxylic acids is 2. The number of hydrogen-bond donors (Lipinski definition) is 2. The Hall–Kier alpha value is -3.20. The van der Waals surface area contributed by atoms with E-state index in [1.165, 1.54) is 0 Å². The molecule has 3 rings (SSSR count). The monoisotopic (exact) mass is 320 g/mol. The molecule has 1 aromatic heterocycles. The van der Waals surface area contributed by atoms with Gasteiger partial charge in [-0.3, -0.25) is 14.6 Å². The summed E-state index contributed by atoms with van der Waals surface area (Å²) in [6.07, 6.45) is 2.21. The molecule has 0 radical (unpaired) electrons. The van der Waals surface area contributed by atoms with Crippen molar-refractivity contribution in [1.29, 1.82) is 5.26 Å². The van der Waals surface area contributed by atoms with Crippen LogP contribution in [0.5, 0.6) is 0 Å². The van der Waals surface area contributed by atoms with Crippen LogP contribution in [0.2, 0.25) is 0 Å². The van der Waals surface area contributed by atoms with E-state index in [4.69, 9.17) is 5.26 Å². The van der Waals surface area contributed by atoms with Crippen molar-refractivity contribution in [2.45, 2.75) is 13.0 Å². The Balaban J connectivity index is 1.50. The van der Waals surface area contributed by atoms with Crippen LogP contribution >= 0.6 is 0 Å². The van der Waals surface area contributed by atoms with Gasteiger partial charge in [0.05, 0.1) is 35.7 Å². The molecule has 1 aliphatic rings. The first-order valence-electron chi connectivity index (χ1n) is 7.66. The van der Waals surface area contributed by atoms with E-state index in [1.807, 2.05) is 24.3 Å². The Labute approximate surface area is 139 Å². The molecule has 120 valence electrons. The van der Waals surface area contributed by atoms with Gasteiger partial charge in [0.15, 0.2) is 0 Å². The van der Waals surface area contributed by atoms with Crippen molar-refractivity contribution < 1.29 is 9.59 Å². The Kier molecular flexibility index (Phi) is 4.52. The van der Waals surface area contributed by atoms with Gasteiger partial charge in [0.25, 0.3) is 0 Å². The molecule has 0 saturated heterocycles. The minimum absolute atomic E-state index is 0.133. The molecule has 2 N–H and O–H groups in total. The highest BCUT2D eigenvalue weighted by atomic mass is 16.2. The molecule has 1 aliphatic carbocycles. The smallest absolute Gasteiger partial charge is 0.228 e. The van der Waals surface area contributed by atoms with Crippen molar-refractivity contribution in [3.63, 3.8) is 0 Å². The molecule has 6 nitrogen and oxygen atoms in total. The average molecular weight is 320 g/mol. The molecule has 0 bridgehead atoms. The number of rotatable bonds is 5. The van der Waals surface area contributed by atoms with E-state index in [1.54, 1.807) is 30.5 Å². The number of carbonyl (C=O) groups is 2. The third kappa shape index (κ3) is 3.76. The number of nitriles is 1. The summed E-state index contributed by atoms with van der Waals surface area (Å²) < 4.78 is 0. The van der Waals surface area contributed by atoms with Gasteiger partial charge < -0.3 is 10.6 Å². The molecule has 24 heavy (non-hydrogen) atoms. The number of pyridine rings is 1. The summed E-state index contributed by atoms with van der Waals surface area (Å²) in [5.74, 6) is -0.943. The van der Waals surface area contributed by atoms with Crippen LogP contribution in [0.3, 0.4) is 0 Å². The highest BCUT2D eigenvalue weighted by molar-refractivity contribution is 5.99. The minimum atomic E-state index is -0.320. The second-order valence-electron chi connectivity index (χ2n) is 5.67. The quantitative estimate of drug-likeness (QED) is 0.879. The number of benzene rings is 1. The number of anilines is 1. The fraction of sp³-hybridized carbons (Fsp3) is 0.222. The molecular formula is C18H16N4O2. The van der Waals surface area contributed by atoms with Crippen LogP contribution in [0, 0.1) is 23.2 Å². The Morgan fingerprint density at radius 3 is 2.75 bits per heavy atom. The lowest BCUT2D eigenvalue weighted by Crippen LogP contribution is -2.27. The number of amides is 2. The lowest BCUT2D eigenvalue weighted by Gasteiger charge is -2.06. The van der Waals surface area contributed by atoms with Crippen LogP contribution < -0.4 is 10.6 Å². The van der Waals surface area contributed by atoms with E-state index < -0.39 is 0 Å². The molecule has 6 heteroatoms. The molecule has 1 fully saturated rings. The van der Waals surface area contributed by atoms with Gasteiger partial charge in [0, 0.05) is 11.9 Å². The summed E-state index contributed by atoms with van der Waals surface area (Å²) >= 11 is 0. The predicted octanol–water partition coefficient (Wildman–Crippen LogP) is 1.84. The van der Waals surface area contributed by atoms with Crippen molar-refractivity contribution >= 4 is 17.5 Å². The maximum absolute atomic E-state index is 12.2. The molecule has 1 aromatic carbocycles. The van der Waals surface area contributed by atoms with E-state index in [0.717, 1.165) is 5.69 Å². The van der Waals surface area contributed by atoms with Crippen molar-refractivity contribution in [2.24, 2.45) is 11.8 Å². The van der Waals surface area contributed by atoms with Crippen LogP contribution in [-0.4, -0.2) is 16.8 Å². The maximum atomic E-state index is 12.2. The first-order chi connectivity index (χ1) is 11.7. The zero-order valence-corrected chi connectivity index (χ0v) is 12.9. The standard InChI is InChI=1S/C18H16N4O2/c19-10-12-4-3-6-13(8-12)22-18(24)16-9-15(16)17(23)21-11-14-5-1-2-7-20-14/h1-8,15-16H,9,11H2,(H,21,23)(H,22,24). The fourth-order valence-corrected chi connectivity index (χ4v) is 2.49. The summed E-state index contributed by atoms with van der Waals surface area (Å²) in [7, 11) is 0. The van der Waals surface area contributed by atoms with Gasteiger partial charge >= 0.3 is 0 Å². The summed E-state index contributed by atoms with van der Waals surface area (Å²) in [6, 6.07) is 14.2. The molecule has 2 aromatic rings. The molecule has 2 atom stereocenters. The molecular weight excluding hydrogens is 304 g/mol. The van der Waals surface area contributed by atoms with E-state index >= 15 is 0 Å². The zero-order valence-electron chi connectivity index (χ0n) is 12.9. The van der Waals surface area contributed by atoms with E-state index in [-0.39, 0.29) is 23.7 Å². The van der Waals surface area contributed by atoms with Crippen LogP contribution in [0.15, 0.2) is 48.7 Å². The van der Waals surface area contributed by atoms with Crippen molar-refractivity contribution in [3.8, 4) is 6.07 Å². The SMILES string of the molecule is N#Cc1cccc(NC(=O)C2CC2C(=O)NCc2ccccn2)c1. The van der Waals surface area contributed by atoms with Gasteiger partial charge in [-0.2, -0.15) is 5.26 Å². The van der Waals surface area contributed by atoms with Gasteiger partial charge in [-0.15, -0.1) is 0 Å². The van der Waals surface area contributed by atoms with Crippen LogP contribution in [0.4, 0.5) is 5.69 Å². The number of nitrogens with zero attached hydrogens (tertiary/aromatic N) is 2. The number of nitrogens with one attached hydrogen (secondary N) is 2. The van der Waals surface area contributed by atoms with Gasteiger partial charge in [-0.1, -0.05) is 12.1 Å². The zero-order chi connectivity index (χ0) is 16.9. The van der Waals surface area contributed by atoms with Crippen LogP contribution in [-0.2, 0) is 16.1 Å². The highest BCUT2D eigenvalue weighted by Crippen LogP contribution is 2.39. The summed E-state index contributed by atoms with van der Waals surface area (Å²) in [5.41, 5.74) is 1.83. The molecule has 2 amide bonds. The Morgan fingerprint density at radius 1 is 1.17 bits per heavy atom. The first-order valence-corrected chi connectivity index (χ1v) is 7.66. The largest absolute Gasteiger partial charge is 0.350 e. The molecule has 1 heterocycles. The first kappa shape index (κ1) is 15.7. The maximum Gasteiger partial charge on any atom is 0.228 e. The summed E-state index contributed by atoms with van der Waals surface area (Å²) in [4.78, 5) is 28.4. The summed E-state index contributed by atoms with van der Waals surface area (Å²) in [5, 5.41) is 14.4. The third-order valence-electron chi connectivity index (χ3n) is 3.89. The van der Waals surface area contributed by atoms with Gasteiger partial charge in [-0.25, -0.2) is 0 Å². The summed E-state index contributed by atoms with van der Waals surface area (Å²) in [6.45, 7) is 0.356. The van der Waals surface area contributed by atoms with E-state index in [0.29, 0.717) is 24.2 Å². The van der Waals surface area contributed by atoms with Gasteiger partial charge in [-0.05, 0) is 36.8 Å². The lowest BCUT2D eigenvalue weighted by molar-refractivity contribution is -0.125. The van der Waals surface area contributed by atoms with Crippen LogP contribution in [0.1, 0.15) is 17.7 Å². The van der Waals surface area contributed by atoms with E-state index in [2.05, 4.69) is 15.6 Å². The normalized spacial score (nSPS) is 18.3. The van der Waals surface area contributed by atoms with E-state index in [9.17, 15) is 9.59 Å². The van der Waals surface area contributed by atoms with Gasteiger partial charge in [0.1, 0.15) is 0 Å². The van der Waals surface area contributed by atoms with Gasteiger partial charge in [0.2, 0.25) is 11.8 Å². The molecule has 0 spiro atoms. The van der Waals surface area contributed by atoms with Crippen molar-refractivity contribution in [1.82, 2.24) is 10.3 Å². The number of aromatic nitrogens is 1. The Morgan fingerprint density at radius 2 is 2.00 bits per heavy atom. The van der Waals surface area contributed by atoms with Crippen LogP contribution in [0.25, 0.3) is 0 Å². The van der Waals surface area contributed by atoms with Crippen molar-refractivity contribution in [2.75, 3.05) is 5.32 Å². The molecule has 0 aliphatic heterocycles. The fourth-order valence-electron chi connectivity index (χ4n) is 2.49. The molecule has 2 unspecified atom stereocenters. The average Bonchev–Trinajstić information content (AvgIpc) is 3.42. The second-order valence-corrected chi connectivity index (χ2v) is 5.67. The third-order valence-corrected chi connectivity index (χ3v) is 3.89. The number of hydrogen-bond acceptors (Lipinski definition) is 4. The van der Waals surface area contributed by atoms with Crippen molar-refractivity contribution in [3.05, 3.63) is 59.9 Å². The second kappa shape index (κ2) is 6.92. The molecule has 1 saturated carbocycles. The highest BCUT2D eigenvalue weighted by Gasteiger charge is 2.47. The lowest BCUT2D eigenvalue weighted by atomic mass is 10.2. The predicted molar refractivity (Wildman–Crippen MR) is 87.5 cm³/mol. The minimum Gasteiger partial charge on any atom is -0.350 e. The Bertz CT molecular complexity index is 798.